The van der Waals surface area contributed by atoms with E-state index in [1.807, 2.05) is 0 Å². The van der Waals surface area contributed by atoms with Crippen LogP contribution in [0.25, 0.3) is 0 Å². The van der Waals surface area contributed by atoms with Crippen molar-refractivity contribution in [2.45, 2.75) is 55.7 Å². The monoisotopic (exact) mass is 626 g/mol. The van der Waals surface area contributed by atoms with E-state index in [1.165, 1.54) is 12.1 Å². The molecule has 3 atom stereocenters. The highest BCUT2D eigenvalue weighted by molar-refractivity contribution is 5.78. The Balaban J connectivity index is 2.65. The Hall–Kier alpha value is -4.01. The maximum Gasteiger partial charge on any atom is 0.417 e. The largest absolute Gasteiger partial charge is 0.469 e. The van der Waals surface area contributed by atoms with Gasteiger partial charge in [0.05, 0.1) is 31.5 Å². The maximum atomic E-state index is 13.9. The summed E-state index contributed by atoms with van der Waals surface area (Å²) in [5.74, 6) is -2.07. The average molecular weight is 627 g/mol. The van der Waals surface area contributed by atoms with Gasteiger partial charge in [-0.25, -0.2) is 22.4 Å². The molecule has 0 aliphatic heterocycles. The van der Waals surface area contributed by atoms with Crippen LogP contribution in [0.15, 0.2) is 79.2 Å². The Bertz CT molecular complexity index is 1260. The summed E-state index contributed by atoms with van der Waals surface area (Å²) in [6, 6.07) is 7.60. The number of benzene rings is 2. The zero-order chi connectivity index (χ0) is 32.4. The molecule has 0 aliphatic carbocycles. The number of hydrogen-bond acceptors (Lipinski definition) is 4. The fourth-order valence-corrected chi connectivity index (χ4v) is 4.06. The summed E-state index contributed by atoms with van der Waals surface area (Å²) in [5.41, 5.74) is -2.03. The number of carbonyl (C=O) groups excluding carboxylic acids is 2. The number of urea groups is 1. The fraction of sp³-hybridized carbons (Fsp3) is 0.357. The van der Waals surface area contributed by atoms with Crippen LogP contribution in [0.2, 0.25) is 0 Å². The van der Waals surface area contributed by atoms with Gasteiger partial charge in [0.1, 0.15) is 11.9 Å². The molecule has 0 aliphatic rings. The first-order chi connectivity index (χ1) is 20.0. The van der Waals surface area contributed by atoms with Crippen LogP contribution in [-0.4, -0.2) is 50.0 Å². The van der Waals surface area contributed by atoms with Gasteiger partial charge in [0.25, 0.3) is 0 Å². The lowest BCUT2D eigenvalue weighted by Crippen LogP contribution is -2.57. The van der Waals surface area contributed by atoms with E-state index in [1.54, 1.807) is 23.5 Å². The summed E-state index contributed by atoms with van der Waals surface area (Å²) < 4.78 is 130. The summed E-state index contributed by atoms with van der Waals surface area (Å²) in [4.78, 5) is 24.7. The Morgan fingerprint density at radius 2 is 1.58 bits per heavy atom. The number of nitrogens with one attached hydrogen (secondary N) is 2. The first-order valence-electron chi connectivity index (χ1n) is 12.3. The van der Waals surface area contributed by atoms with Crippen LogP contribution in [0.4, 0.5) is 44.3 Å². The first kappa shape index (κ1) is 35.2. The van der Waals surface area contributed by atoms with Crippen molar-refractivity contribution < 1.29 is 58.6 Å². The Kier molecular flexibility index (Phi) is 12.2. The molecule has 0 saturated carbocycles. The van der Waals surface area contributed by atoms with E-state index >= 15 is 0 Å². The van der Waals surface area contributed by atoms with Gasteiger partial charge in [0.15, 0.2) is 0 Å². The van der Waals surface area contributed by atoms with Crippen molar-refractivity contribution in [1.82, 2.24) is 10.6 Å². The molecule has 2 rings (SSSR count). The Morgan fingerprint density at radius 1 is 0.977 bits per heavy atom. The van der Waals surface area contributed by atoms with Gasteiger partial charge in [-0.1, -0.05) is 49.0 Å². The molecule has 0 bridgehead atoms. The molecule has 0 radical (unpaired) electrons. The lowest BCUT2D eigenvalue weighted by atomic mass is 9.76. The summed E-state index contributed by atoms with van der Waals surface area (Å²) in [6.45, 7) is 3.76. The molecular formula is C28H27F9N2O4. The highest BCUT2D eigenvalue weighted by atomic mass is 19.4. The molecular weight excluding hydrogens is 599 g/mol. The van der Waals surface area contributed by atoms with E-state index in [9.17, 15) is 49.1 Å². The van der Waals surface area contributed by atoms with E-state index in [0.29, 0.717) is 11.6 Å². The van der Waals surface area contributed by atoms with Gasteiger partial charge in [-0.15, -0.1) is 0 Å². The third kappa shape index (κ3) is 10.0. The van der Waals surface area contributed by atoms with Gasteiger partial charge < -0.3 is 20.1 Å². The van der Waals surface area contributed by atoms with Crippen LogP contribution in [0, 0.1) is 5.82 Å². The van der Waals surface area contributed by atoms with Crippen LogP contribution in [0.5, 0.6) is 0 Å². The molecule has 2 unspecified atom stereocenters. The number of rotatable bonds is 14. The molecule has 0 saturated heterocycles. The molecule has 2 amide bonds. The minimum atomic E-state index is -5.13. The minimum absolute atomic E-state index is 0.0296. The van der Waals surface area contributed by atoms with E-state index in [-0.39, 0.29) is 23.9 Å². The average Bonchev–Trinajstić information content (AvgIpc) is 2.92. The highest BCUT2D eigenvalue weighted by Gasteiger charge is 2.47. The molecule has 6 nitrogen and oxygen atoms in total. The van der Waals surface area contributed by atoms with Gasteiger partial charge in [0, 0.05) is 12.8 Å². The molecule has 2 N–H and O–H groups in total. The quantitative estimate of drug-likeness (QED) is 0.139. The third-order valence-corrected chi connectivity index (χ3v) is 6.18. The van der Waals surface area contributed by atoms with Crippen molar-refractivity contribution in [2.75, 3.05) is 7.11 Å². The van der Waals surface area contributed by atoms with Crippen LogP contribution in [0.1, 0.15) is 24.0 Å². The minimum Gasteiger partial charge on any atom is -0.469 e. The lowest BCUT2D eigenvalue weighted by Gasteiger charge is -2.39. The van der Waals surface area contributed by atoms with E-state index < -0.39 is 67.1 Å². The summed E-state index contributed by atoms with van der Waals surface area (Å²) in [6.07, 6.45) is -19.0. The van der Waals surface area contributed by atoms with Crippen LogP contribution < -0.4 is 10.6 Å². The van der Waals surface area contributed by atoms with E-state index in [2.05, 4.69) is 21.4 Å². The molecule has 0 aromatic heterocycles. The van der Waals surface area contributed by atoms with Gasteiger partial charge in [-0.05, 0) is 34.9 Å². The van der Waals surface area contributed by atoms with Crippen molar-refractivity contribution in [3.05, 3.63) is 96.1 Å². The number of methoxy groups -OCH3 is 1. The first-order valence-corrected chi connectivity index (χ1v) is 12.3. The normalized spacial score (nSPS) is 15.0. The predicted molar refractivity (Wildman–Crippen MR) is 136 cm³/mol. The van der Waals surface area contributed by atoms with Crippen LogP contribution in [-0.2, 0) is 26.2 Å². The molecule has 0 fully saturated rings. The number of ether oxygens (including phenoxy) is 2. The van der Waals surface area contributed by atoms with Crippen molar-refractivity contribution in [3.63, 3.8) is 0 Å². The van der Waals surface area contributed by atoms with E-state index in [0.717, 1.165) is 31.4 Å². The fourth-order valence-electron chi connectivity index (χ4n) is 4.06. The van der Waals surface area contributed by atoms with Crippen LogP contribution >= 0.6 is 0 Å². The highest BCUT2D eigenvalue weighted by Crippen LogP contribution is 2.38. The number of esters is 1. The predicted octanol–water partition coefficient (Wildman–Crippen LogP) is 6.73. The zero-order valence-electron chi connectivity index (χ0n) is 22.4. The van der Waals surface area contributed by atoms with Gasteiger partial charge in [-0.3, -0.25) is 4.79 Å². The van der Waals surface area contributed by atoms with Crippen molar-refractivity contribution in [2.24, 2.45) is 0 Å². The molecule has 2 aromatic carbocycles. The topological polar surface area (TPSA) is 76.7 Å². The number of hydrogen-bond donors (Lipinski definition) is 2. The van der Waals surface area contributed by atoms with Gasteiger partial charge in [-0.2, -0.15) is 22.0 Å². The van der Waals surface area contributed by atoms with Gasteiger partial charge in [0.2, 0.25) is 0 Å². The summed E-state index contributed by atoms with van der Waals surface area (Å²) in [7, 11) is 0.834. The van der Waals surface area contributed by atoms with Gasteiger partial charge >= 0.3 is 30.7 Å². The third-order valence-electron chi connectivity index (χ3n) is 6.18. The van der Waals surface area contributed by atoms with Crippen LogP contribution in [0.3, 0.4) is 0 Å². The molecule has 0 heterocycles. The Morgan fingerprint density at radius 3 is 2.09 bits per heavy atom. The second-order valence-electron chi connectivity index (χ2n) is 9.19. The van der Waals surface area contributed by atoms with Crippen molar-refractivity contribution in [3.8, 4) is 0 Å². The van der Waals surface area contributed by atoms with E-state index in [4.69, 9.17) is 0 Å². The smallest absolute Gasteiger partial charge is 0.417 e. The van der Waals surface area contributed by atoms with Crippen molar-refractivity contribution in [1.29, 1.82) is 0 Å². The lowest BCUT2D eigenvalue weighted by molar-refractivity contribution is -0.311. The molecule has 2 aromatic rings. The molecule has 43 heavy (non-hydrogen) atoms. The number of alkyl halides is 7. The molecule has 236 valence electrons. The molecule has 0 spiro atoms. The number of carbonyl (C=O) groups is 2. The SMILES string of the molecule is C=C(CC(C=CF)OC(F)(F)C(F)F)[C@](Cc1ccccc1)(NC(=O)NC(CC(=O)OC)C(F)(F)F)c1ccc(F)cc1. The Labute approximate surface area is 240 Å². The number of halogens is 9. The second kappa shape index (κ2) is 14.9. The molecule has 15 heteroatoms. The van der Waals surface area contributed by atoms with Crippen molar-refractivity contribution >= 4 is 12.0 Å². The second-order valence-corrected chi connectivity index (χ2v) is 9.19. The maximum absolute atomic E-state index is 13.9. The summed E-state index contributed by atoms with van der Waals surface area (Å²) in [5, 5.41) is 3.92. The summed E-state index contributed by atoms with van der Waals surface area (Å²) >= 11 is 0. The standard InChI is InChI=1S/C28H27F9N2O4/c1-17(14-21(12-13-29)43-28(36,37)24(31)32)26(16-18-6-4-3-5-7-18,19-8-10-20(30)11-9-19)39-25(41)38-22(27(33,34)35)15-23(40)42-2/h3-13,21-22,24H,1,14-16H2,2H3,(H2,38,39,41)/t21?,22?,26-/m0/s1. The zero-order valence-corrected chi connectivity index (χ0v) is 22.4. The number of amides is 2.